The average molecular weight is 579 g/mol. The Morgan fingerprint density at radius 2 is 1.90 bits per heavy atom. The molecule has 0 spiro atoms. The second-order valence-electron chi connectivity index (χ2n) is 13.6. The molecule has 2 unspecified atom stereocenters. The van der Waals surface area contributed by atoms with Gasteiger partial charge >= 0.3 is 5.97 Å². The molecule has 7 nitrogen and oxygen atoms in total. The smallest absolute Gasteiger partial charge is 0.308 e. The number of aliphatic carboxylic acids is 1. The average Bonchev–Trinajstić information content (AvgIpc) is 3.52. The number of hydrogen-bond donors (Lipinski definition) is 1. The Hall–Kier alpha value is -2.90. The van der Waals surface area contributed by atoms with Crippen molar-refractivity contribution in [2.45, 2.75) is 77.8 Å². The van der Waals surface area contributed by atoms with E-state index in [1.807, 2.05) is 29.2 Å². The van der Waals surface area contributed by atoms with E-state index in [0.29, 0.717) is 25.6 Å². The van der Waals surface area contributed by atoms with Gasteiger partial charge in [-0.05, 0) is 48.1 Å². The van der Waals surface area contributed by atoms with Gasteiger partial charge in [0.15, 0.2) is 0 Å². The van der Waals surface area contributed by atoms with E-state index in [2.05, 4.69) is 65.0 Å². The summed E-state index contributed by atoms with van der Waals surface area (Å²) in [5, 5.41) is 10.6. The molecule has 0 radical (unpaired) electrons. The number of anilines is 1. The lowest BCUT2D eigenvalue weighted by Crippen LogP contribution is -2.45. The molecule has 4 rings (SSSR count). The number of hydrogen-bond acceptors (Lipinski definition) is 4. The number of benzene rings is 2. The number of carbonyl (C=O) groups is 2. The largest absolute Gasteiger partial charge is 0.493 e. The molecular weight excluding hydrogens is 526 g/mol. The fraction of sp³-hybridized carbons (Fsp3) is 0.600. The monoisotopic (exact) mass is 578 g/mol. The third-order valence-electron chi connectivity index (χ3n) is 8.85. The molecule has 2 aliphatic rings. The van der Waals surface area contributed by atoms with Crippen LogP contribution in [-0.4, -0.2) is 79.8 Å². The van der Waals surface area contributed by atoms with Gasteiger partial charge in [-0.25, -0.2) is 0 Å². The number of likely N-dealkylation sites (tertiary alicyclic amines) is 1. The van der Waals surface area contributed by atoms with Gasteiger partial charge < -0.3 is 19.2 Å². The summed E-state index contributed by atoms with van der Waals surface area (Å²) in [6.07, 6.45) is 5.65. The number of unbranched alkanes of at least 4 members (excludes halogenated alkanes) is 1. The fourth-order valence-electron chi connectivity index (χ4n) is 6.93. The number of carboxylic acid groups (broad SMARTS) is 1. The maximum Gasteiger partial charge on any atom is 0.308 e. The summed E-state index contributed by atoms with van der Waals surface area (Å²) in [5.41, 5.74) is 4.33. The van der Waals surface area contributed by atoms with Crippen LogP contribution < -0.4 is 9.64 Å². The van der Waals surface area contributed by atoms with Gasteiger partial charge in [0.25, 0.3) is 0 Å². The molecule has 0 aromatic heterocycles. The molecule has 2 aliphatic heterocycles. The second kappa shape index (κ2) is 14.0. The van der Waals surface area contributed by atoms with Crippen LogP contribution >= 0.6 is 0 Å². The Morgan fingerprint density at radius 3 is 2.60 bits per heavy atom. The van der Waals surface area contributed by atoms with Crippen LogP contribution in [0.4, 0.5) is 5.69 Å². The van der Waals surface area contributed by atoms with Crippen molar-refractivity contribution in [2.75, 3.05) is 52.3 Å². The van der Waals surface area contributed by atoms with Crippen molar-refractivity contribution in [3.63, 3.8) is 0 Å². The predicted molar refractivity (Wildman–Crippen MR) is 169 cm³/mol. The lowest BCUT2D eigenvalue weighted by molar-refractivity contribution is -0.884. The predicted octanol–water partition coefficient (Wildman–Crippen LogP) is 5.96. The second-order valence-corrected chi connectivity index (χ2v) is 13.6. The minimum Gasteiger partial charge on any atom is -0.493 e. The quantitative estimate of drug-likeness (QED) is 0.280. The van der Waals surface area contributed by atoms with Crippen LogP contribution in [0, 0.1) is 11.8 Å². The molecule has 4 atom stereocenters. The zero-order chi connectivity index (χ0) is 30.4. The van der Waals surface area contributed by atoms with Crippen LogP contribution in [0.1, 0.15) is 75.5 Å². The summed E-state index contributed by atoms with van der Waals surface area (Å²) in [7, 11) is 6.51. The van der Waals surface area contributed by atoms with Crippen LogP contribution in [0.5, 0.6) is 5.75 Å². The molecule has 2 heterocycles. The van der Waals surface area contributed by atoms with Crippen LogP contribution in [0.15, 0.2) is 42.5 Å². The van der Waals surface area contributed by atoms with E-state index in [-0.39, 0.29) is 24.4 Å². The van der Waals surface area contributed by atoms with E-state index < -0.39 is 11.9 Å². The fourth-order valence-corrected chi connectivity index (χ4v) is 6.93. The molecule has 0 aliphatic carbocycles. The number of carbonyl (C=O) groups excluding carboxylic acids is 1. The zero-order valence-electron chi connectivity index (χ0n) is 26.6. The van der Waals surface area contributed by atoms with Crippen LogP contribution in [0.25, 0.3) is 0 Å². The van der Waals surface area contributed by atoms with Crippen molar-refractivity contribution < 1.29 is 23.9 Å². The first-order chi connectivity index (χ1) is 20.0. The minimum atomic E-state index is -0.767. The maximum absolute atomic E-state index is 14.1. The van der Waals surface area contributed by atoms with Crippen molar-refractivity contribution in [1.29, 1.82) is 0 Å². The number of quaternary nitrogens is 1. The minimum absolute atomic E-state index is 0.0473. The summed E-state index contributed by atoms with van der Waals surface area (Å²) in [5.74, 6) is -0.160. The van der Waals surface area contributed by atoms with E-state index in [9.17, 15) is 14.7 Å². The summed E-state index contributed by atoms with van der Waals surface area (Å²) in [6, 6.07) is 14.3. The van der Waals surface area contributed by atoms with Gasteiger partial charge in [0.1, 0.15) is 12.3 Å². The highest BCUT2D eigenvalue weighted by Gasteiger charge is 2.47. The normalized spacial score (nSPS) is 21.1. The molecule has 7 heteroatoms. The Labute approximate surface area is 253 Å². The van der Waals surface area contributed by atoms with Crippen molar-refractivity contribution >= 4 is 17.6 Å². The highest BCUT2D eigenvalue weighted by atomic mass is 16.5. The number of ether oxygens (including phenoxy) is 1. The Morgan fingerprint density at radius 1 is 1.12 bits per heavy atom. The van der Waals surface area contributed by atoms with Crippen molar-refractivity contribution in [2.24, 2.45) is 11.8 Å². The van der Waals surface area contributed by atoms with Crippen LogP contribution in [-0.2, 0) is 22.6 Å². The molecule has 1 saturated heterocycles. The third kappa shape index (κ3) is 7.93. The highest BCUT2D eigenvalue weighted by Crippen LogP contribution is 2.42. The number of rotatable bonds is 14. The summed E-state index contributed by atoms with van der Waals surface area (Å²) in [4.78, 5) is 31.2. The Balaban J connectivity index is 1.63. The standard InChI is InChI=1S/C35H51N3O4/c1-7-9-17-37(29-13-10-12-26(20-29)24-38(4,5)6)33(39)23-36-22-30(27-14-15-32-28(21-27)16-18-42-32)34(35(40)41)31(36)19-25(3)11-8-2/h10,12-15,20-21,25,30-31,34H,7-9,11,16-19,22-24H2,1-6H3/p+1/t25?,30-,31+,34?/m1/s1. The van der Waals surface area contributed by atoms with Gasteiger partial charge in [-0.3, -0.25) is 14.5 Å². The molecule has 1 fully saturated rings. The number of amides is 1. The Bertz CT molecular complexity index is 1220. The first-order valence-corrected chi connectivity index (χ1v) is 15.9. The van der Waals surface area contributed by atoms with E-state index in [4.69, 9.17) is 4.74 Å². The molecule has 2 aromatic carbocycles. The first kappa shape index (κ1) is 32.0. The summed E-state index contributed by atoms with van der Waals surface area (Å²) in [6.45, 7) is 9.53. The number of nitrogens with zero attached hydrogens (tertiary/aromatic N) is 3. The van der Waals surface area contributed by atoms with E-state index >= 15 is 0 Å². The molecule has 230 valence electrons. The molecule has 1 amide bonds. The highest BCUT2D eigenvalue weighted by molar-refractivity contribution is 5.95. The lowest BCUT2D eigenvalue weighted by atomic mass is 9.81. The molecule has 0 bridgehead atoms. The molecular formula is C35H52N3O4+. The van der Waals surface area contributed by atoms with Gasteiger partial charge in [-0.1, -0.05) is 64.3 Å². The van der Waals surface area contributed by atoms with Gasteiger partial charge in [0.05, 0.1) is 40.2 Å². The van der Waals surface area contributed by atoms with Crippen LogP contribution in [0.3, 0.4) is 0 Å². The van der Waals surface area contributed by atoms with Gasteiger partial charge in [0.2, 0.25) is 5.91 Å². The molecule has 2 aromatic rings. The van der Waals surface area contributed by atoms with Crippen LogP contribution in [0.2, 0.25) is 0 Å². The lowest BCUT2D eigenvalue weighted by Gasteiger charge is -2.31. The number of carboxylic acids is 1. The number of fused-ring (bicyclic) bond motifs is 1. The maximum atomic E-state index is 14.1. The SMILES string of the molecule is CCCCN(C(=O)CN1C[C@H](c2ccc3c(c2)CCO3)C(C(=O)O)[C@@H]1CC(C)CCC)c1cccc(C[N+](C)(C)C)c1. The van der Waals surface area contributed by atoms with E-state index in [0.717, 1.165) is 72.1 Å². The van der Waals surface area contributed by atoms with E-state index in [1.165, 1.54) is 5.56 Å². The Kier molecular flexibility index (Phi) is 10.7. The summed E-state index contributed by atoms with van der Waals surface area (Å²) >= 11 is 0. The molecule has 0 saturated carbocycles. The first-order valence-electron chi connectivity index (χ1n) is 15.9. The van der Waals surface area contributed by atoms with Crippen molar-refractivity contribution in [3.8, 4) is 5.75 Å². The zero-order valence-corrected chi connectivity index (χ0v) is 26.6. The molecule has 1 N–H and O–H groups in total. The van der Waals surface area contributed by atoms with Crippen molar-refractivity contribution in [1.82, 2.24) is 4.90 Å². The molecule has 42 heavy (non-hydrogen) atoms. The van der Waals surface area contributed by atoms with E-state index in [1.54, 1.807) is 0 Å². The third-order valence-corrected chi connectivity index (χ3v) is 8.85. The van der Waals surface area contributed by atoms with Gasteiger partial charge in [-0.15, -0.1) is 0 Å². The topological polar surface area (TPSA) is 70.1 Å². The summed E-state index contributed by atoms with van der Waals surface area (Å²) < 4.78 is 6.53. The van der Waals surface area contributed by atoms with Crippen molar-refractivity contribution in [3.05, 3.63) is 59.2 Å². The van der Waals surface area contributed by atoms with Gasteiger partial charge in [-0.2, -0.15) is 0 Å². The van der Waals surface area contributed by atoms with Gasteiger partial charge in [0, 0.05) is 42.7 Å².